The van der Waals surface area contributed by atoms with Crippen LogP contribution >= 0.6 is 0 Å². The van der Waals surface area contributed by atoms with Crippen LogP contribution in [-0.2, 0) is 33.6 Å². The number of benzene rings is 1. The van der Waals surface area contributed by atoms with Crippen LogP contribution in [0.1, 0.15) is 76.8 Å². The Hall–Kier alpha value is -1.53. The van der Waals surface area contributed by atoms with Crippen molar-refractivity contribution in [2.45, 2.75) is 96.4 Å². The van der Waals surface area contributed by atoms with Gasteiger partial charge in [-0.1, -0.05) is 33.8 Å². The first kappa shape index (κ1) is 27.1. The summed E-state index contributed by atoms with van der Waals surface area (Å²) in [6.07, 6.45) is 7.04. The third-order valence-electron chi connectivity index (χ3n) is 9.08. The summed E-state index contributed by atoms with van der Waals surface area (Å²) in [7, 11) is -1.79. The van der Waals surface area contributed by atoms with Crippen LogP contribution in [0.25, 0.3) is 0 Å². The van der Waals surface area contributed by atoms with Crippen molar-refractivity contribution < 1.29 is 36.7 Å². The van der Waals surface area contributed by atoms with Crippen LogP contribution < -0.4 is 4.43 Å². The fraction of sp³-hybridized carbons (Fsp3) is 0.667. The number of aryl methyl sites for hydroxylation is 1. The second-order valence-electron chi connectivity index (χ2n) is 11.8. The molecule has 0 aliphatic heterocycles. The van der Waals surface area contributed by atoms with Gasteiger partial charge in [-0.3, -0.25) is 0 Å². The molecule has 0 heterocycles. The molecule has 1 N–H and O–H groups in total. The number of rotatable bonds is 2. The van der Waals surface area contributed by atoms with Crippen molar-refractivity contribution in [2.24, 2.45) is 17.3 Å². The fourth-order valence-corrected chi connectivity index (χ4v) is 7.28. The average Bonchev–Trinajstić information content (AvgIpc) is 3.08. The molecule has 5 unspecified atom stereocenters. The van der Waals surface area contributed by atoms with Gasteiger partial charge in [0, 0.05) is 0 Å². The minimum atomic E-state index is -2.47. The van der Waals surface area contributed by atoms with E-state index in [2.05, 4.69) is 59.0 Å². The molecular formula is C27H38CrO5Si. The zero-order valence-electron chi connectivity index (χ0n) is 21.3. The number of aliphatic hydroxyl groups excluding tert-OH is 1. The van der Waals surface area contributed by atoms with Crippen molar-refractivity contribution in [3.05, 3.63) is 29.3 Å². The van der Waals surface area contributed by atoms with Crippen molar-refractivity contribution in [1.29, 1.82) is 0 Å². The molecule has 0 amide bonds. The molecule has 0 spiro atoms. The van der Waals surface area contributed by atoms with Gasteiger partial charge in [-0.05, 0) is 103 Å². The molecule has 1 aromatic carbocycles. The van der Waals surface area contributed by atoms with E-state index < -0.39 is 21.1 Å². The molecule has 186 valence electrons. The van der Waals surface area contributed by atoms with E-state index in [0.29, 0.717) is 11.8 Å². The van der Waals surface area contributed by atoms with Crippen LogP contribution in [-0.4, -0.2) is 33.8 Å². The van der Waals surface area contributed by atoms with Crippen molar-refractivity contribution in [3.63, 3.8) is 0 Å². The molecule has 5 atom stereocenters. The molecule has 0 radical (unpaired) electrons. The number of fused-ring (bicyclic) bond motifs is 5. The van der Waals surface area contributed by atoms with E-state index in [1.807, 2.05) is 0 Å². The standard InChI is InChI=1S/C24H38O2Si.3CO.Cr/c1-23(2,3)27(5,6)26-17-8-10-18-16(15-17)7-9-20-19(18)13-14-24(4)21(20)11-12-22(24)25;3*1-2;/h8,10,15,19-22,25H,7,9,11-14H2,1-6H3;;;;. The van der Waals surface area contributed by atoms with Gasteiger partial charge < -0.3 is 9.53 Å². The molecule has 34 heavy (non-hydrogen) atoms. The van der Waals surface area contributed by atoms with E-state index in [1.54, 1.807) is 5.56 Å². The zero-order chi connectivity index (χ0) is 25.3. The second-order valence-corrected chi connectivity index (χ2v) is 18.3. The van der Waals surface area contributed by atoms with Gasteiger partial charge in [-0.25, -0.2) is 0 Å². The first-order valence-corrected chi connectivity index (χ1v) is 17.1. The maximum absolute atomic E-state index is 10.6. The summed E-state index contributed by atoms with van der Waals surface area (Å²) in [5.41, 5.74) is 3.27. The van der Waals surface area contributed by atoms with Crippen molar-refractivity contribution >= 4 is 22.6 Å². The number of aliphatic hydroxyl groups is 1. The summed E-state index contributed by atoms with van der Waals surface area (Å²) < 4.78 is 10.3. The van der Waals surface area contributed by atoms with Gasteiger partial charge in [0.25, 0.3) is 0 Å². The molecule has 2 saturated carbocycles. The van der Waals surface area contributed by atoms with Gasteiger partial charge in [0.1, 0.15) is 5.75 Å². The fourth-order valence-electron chi connectivity index (χ4n) is 6.09. The van der Waals surface area contributed by atoms with Crippen LogP contribution in [0.2, 0.25) is 18.1 Å². The van der Waals surface area contributed by atoms with E-state index >= 15 is 0 Å². The van der Waals surface area contributed by atoms with Gasteiger partial charge in [-0.15, -0.1) is 0 Å². The third-order valence-corrected chi connectivity index (χ3v) is 14.2. The minimum absolute atomic E-state index is 0.0785. The molecular weight excluding hydrogens is 484 g/mol. The number of carbonyl (C=O) groups excluding carboxylic acids is 3. The number of hydrogen-bond donors (Lipinski definition) is 1. The predicted octanol–water partition coefficient (Wildman–Crippen LogP) is 5.09. The summed E-state index contributed by atoms with van der Waals surface area (Å²) in [6, 6.07) is 6.96. The summed E-state index contributed by atoms with van der Waals surface area (Å²) in [4.78, 5) is 28.1. The van der Waals surface area contributed by atoms with Crippen LogP contribution in [0.5, 0.6) is 5.75 Å². The van der Waals surface area contributed by atoms with Gasteiger partial charge in [0.2, 0.25) is 8.32 Å². The third kappa shape index (κ3) is 5.18. The molecule has 4 rings (SSSR count). The molecule has 3 aliphatic carbocycles. The van der Waals surface area contributed by atoms with E-state index in [4.69, 9.17) is 4.43 Å². The molecule has 1 aromatic rings. The Labute approximate surface area is 207 Å². The van der Waals surface area contributed by atoms with Gasteiger partial charge in [0.05, 0.1) is 6.10 Å². The SMILES string of the molecule is CC12CCC3c4ccc(O[Si](C)(C)C(C)(C)C)cc4CCC3C1CCC2O.O=[C]=[Cr](=[C]=O)=[C]=O. The molecule has 2 fully saturated rings. The van der Waals surface area contributed by atoms with Gasteiger partial charge >= 0.3 is 41.5 Å². The molecule has 0 aromatic heterocycles. The molecule has 3 aliphatic rings. The first-order chi connectivity index (χ1) is 15.9. The van der Waals surface area contributed by atoms with Crippen LogP contribution in [0.4, 0.5) is 0 Å². The predicted molar refractivity (Wildman–Crippen MR) is 132 cm³/mol. The van der Waals surface area contributed by atoms with E-state index in [1.165, 1.54) is 51.9 Å². The monoisotopic (exact) mass is 522 g/mol. The normalized spacial score (nSPS) is 29.6. The second kappa shape index (κ2) is 10.2. The Morgan fingerprint density at radius 3 is 2.26 bits per heavy atom. The molecule has 0 saturated heterocycles. The summed E-state index contributed by atoms with van der Waals surface area (Å²) in [5.74, 6) is 3.25. The quantitative estimate of drug-likeness (QED) is 0.547. The average molecular weight is 523 g/mol. The molecule has 0 bridgehead atoms. The Morgan fingerprint density at radius 2 is 1.71 bits per heavy atom. The summed E-state index contributed by atoms with van der Waals surface area (Å²) >= 11 is -2.47. The Kier molecular flexibility index (Phi) is 8.13. The summed E-state index contributed by atoms with van der Waals surface area (Å²) in [5, 5.41) is 10.8. The Balaban J connectivity index is 0.000000406. The first-order valence-electron chi connectivity index (χ1n) is 12.3. The Bertz CT molecular complexity index is 1100. The van der Waals surface area contributed by atoms with Crippen molar-refractivity contribution in [3.8, 4) is 5.75 Å². The van der Waals surface area contributed by atoms with Crippen molar-refractivity contribution in [1.82, 2.24) is 0 Å². The topological polar surface area (TPSA) is 80.7 Å². The summed E-state index contributed by atoms with van der Waals surface area (Å²) in [6.45, 7) is 13.9. The van der Waals surface area contributed by atoms with E-state index in [9.17, 15) is 19.5 Å². The molecule has 5 nitrogen and oxygen atoms in total. The molecule has 7 heteroatoms. The zero-order valence-corrected chi connectivity index (χ0v) is 23.5. The maximum atomic E-state index is 10.6. The van der Waals surface area contributed by atoms with E-state index in [-0.39, 0.29) is 16.6 Å². The van der Waals surface area contributed by atoms with Gasteiger partial charge in [-0.2, -0.15) is 0 Å². The van der Waals surface area contributed by atoms with Crippen LogP contribution in [0, 0.1) is 17.3 Å². The Morgan fingerprint density at radius 1 is 1.06 bits per heavy atom. The van der Waals surface area contributed by atoms with E-state index in [0.717, 1.165) is 18.1 Å². The van der Waals surface area contributed by atoms with Gasteiger partial charge in [0.15, 0.2) is 0 Å². The van der Waals surface area contributed by atoms with Crippen molar-refractivity contribution in [2.75, 3.05) is 0 Å². The number of hydrogen-bond acceptors (Lipinski definition) is 5. The van der Waals surface area contributed by atoms with Crippen LogP contribution in [0.15, 0.2) is 18.2 Å². The van der Waals surface area contributed by atoms with Crippen LogP contribution in [0.3, 0.4) is 0 Å².